The Morgan fingerprint density at radius 1 is 0.968 bits per heavy atom. The van der Waals surface area contributed by atoms with E-state index >= 15 is 0 Å². The van der Waals surface area contributed by atoms with Crippen LogP contribution in [0.1, 0.15) is 90.9 Å². The molecule has 1 aromatic rings. The maximum Gasteiger partial charge on any atom is 0.338 e. The number of aromatic hydroxyl groups is 1. The number of fused-ring (bicyclic) bond motifs is 3. The van der Waals surface area contributed by atoms with Gasteiger partial charge in [-0.15, -0.1) is 0 Å². The lowest BCUT2D eigenvalue weighted by molar-refractivity contribution is -0.358. The number of ether oxygens (including phenoxy) is 6. The van der Waals surface area contributed by atoms with E-state index in [0.29, 0.717) is 12.8 Å². The van der Waals surface area contributed by atoms with Crippen LogP contribution < -0.4 is 11.1 Å². The lowest BCUT2D eigenvalue weighted by atomic mass is 9.39. The predicted molar refractivity (Wildman–Crippen MR) is 222 cm³/mol. The van der Waals surface area contributed by atoms with Gasteiger partial charge in [0.15, 0.2) is 18.7 Å². The molecule has 3 aliphatic carbocycles. The van der Waals surface area contributed by atoms with Crippen molar-refractivity contribution in [2.75, 3.05) is 13.7 Å². The average Bonchev–Trinajstić information content (AvgIpc) is 3.21. The molecule has 0 bridgehead atoms. The van der Waals surface area contributed by atoms with Crippen LogP contribution in [-0.4, -0.2) is 153 Å². The summed E-state index contributed by atoms with van der Waals surface area (Å²) < 4.78 is 36.7. The van der Waals surface area contributed by atoms with E-state index in [9.17, 15) is 50.1 Å². The van der Waals surface area contributed by atoms with Crippen LogP contribution in [0.3, 0.4) is 0 Å². The number of carbonyl (C=O) groups is 3. The first kappa shape index (κ1) is 49.2. The molecule has 18 heteroatoms. The minimum atomic E-state index is -1.77. The molecule has 6 rings (SSSR count). The number of allylic oxidation sites excluding steroid dienone is 2. The molecule has 0 spiro atoms. The number of carboxylic acids is 1. The number of esters is 1. The molecule has 0 radical (unpaired) electrons. The van der Waals surface area contributed by atoms with Gasteiger partial charge in [0.2, 0.25) is 5.91 Å². The van der Waals surface area contributed by atoms with Gasteiger partial charge in [-0.25, -0.2) is 4.79 Å². The first-order valence-corrected chi connectivity index (χ1v) is 21.9. The van der Waals surface area contributed by atoms with E-state index in [2.05, 4.69) is 32.2 Å². The van der Waals surface area contributed by atoms with Gasteiger partial charge in [-0.1, -0.05) is 45.4 Å². The number of phenols is 1. The minimum absolute atomic E-state index is 0.0231. The van der Waals surface area contributed by atoms with Crippen molar-refractivity contribution >= 4 is 17.8 Å². The number of carbonyl (C=O) groups excluding carboxylic acids is 2. The third-order valence-corrected chi connectivity index (χ3v) is 15.4. The normalized spacial score (nSPS) is 42.1. The number of carboxylic acid groups (broad SMARTS) is 1. The maximum absolute atomic E-state index is 13.5. The van der Waals surface area contributed by atoms with Crippen molar-refractivity contribution in [2.24, 2.45) is 39.7 Å². The van der Waals surface area contributed by atoms with Crippen molar-refractivity contribution in [3.8, 4) is 5.75 Å². The van der Waals surface area contributed by atoms with Crippen LogP contribution in [0.5, 0.6) is 5.75 Å². The van der Waals surface area contributed by atoms with Crippen LogP contribution in [0.25, 0.3) is 0 Å². The first-order valence-electron chi connectivity index (χ1n) is 21.9. The highest BCUT2D eigenvalue weighted by atomic mass is 16.7. The number of aliphatic hydroxyl groups is 5. The molecule has 354 valence electrons. The van der Waals surface area contributed by atoms with Gasteiger partial charge in [-0.05, 0) is 98.1 Å². The number of nitrogens with two attached hydrogens (primary N) is 1. The zero-order chi connectivity index (χ0) is 46.5. The van der Waals surface area contributed by atoms with Crippen LogP contribution in [0.15, 0.2) is 35.9 Å². The third kappa shape index (κ3) is 9.28. The topological polar surface area (TPSA) is 286 Å². The highest BCUT2D eigenvalue weighted by molar-refractivity contribution is 5.90. The number of nitrogens with one attached hydrogen (secondary N) is 1. The van der Waals surface area contributed by atoms with E-state index in [0.717, 1.165) is 24.8 Å². The second kappa shape index (κ2) is 18.9. The van der Waals surface area contributed by atoms with E-state index in [-0.39, 0.29) is 34.5 Å². The fraction of sp³-hybridized carbons (Fsp3) is 0.756. The van der Waals surface area contributed by atoms with E-state index in [1.165, 1.54) is 38.3 Å². The molecule has 1 aromatic carbocycles. The summed E-state index contributed by atoms with van der Waals surface area (Å²) in [5.41, 5.74) is 5.77. The number of aliphatic carboxylic acids is 1. The number of rotatable bonds is 13. The van der Waals surface area contributed by atoms with E-state index in [4.69, 9.17) is 34.2 Å². The lowest BCUT2D eigenvalue weighted by Gasteiger charge is -2.67. The van der Waals surface area contributed by atoms with Gasteiger partial charge in [0.05, 0.1) is 36.6 Å². The molecule has 18 nitrogen and oxygen atoms in total. The summed E-state index contributed by atoms with van der Waals surface area (Å²) in [7, 11) is 1.48. The summed E-state index contributed by atoms with van der Waals surface area (Å²) in [6.07, 6.45) is -11.0. The zero-order valence-corrected chi connectivity index (χ0v) is 37.3. The Hall–Kier alpha value is -3.27. The van der Waals surface area contributed by atoms with E-state index < -0.39 is 121 Å². The molecule has 19 atom stereocenters. The summed E-state index contributed by atoms with van der Waals surface area (Å²) in [6, 6.07) is 2.80. The fourth-order valence-electron chi connectivity index (χ4n) is 12.1. The van der Waals surface area contributed by atoms with Gasteiger partial charge in [-0.3, -0.25) is 9.59 Å². The van der Waals surface area contributed by atoms with Crippen LogP contribution in [0.2, 0.25) is 0 Å². The largest absolute Gasteiger partial charge is 0.508 e. The lowest BCUT2D eigenvalue weighted by Crippen LogP contribution is -2.68. The first-order chi connectivity index (χ1) is 29.5. The van der Waals surface area contributed by atoms with Crippen molar-refractivity contribution in [1.29, 1.82) is 0 Å². The van der Waals surface area contributed by atoms with Crippen molar-refractivity contribution in [3.63, 3.8) is 0 Å². The van der Waals surface area contributed by atoms with Crippen molar-refractivity contribution in [3.05, 3.63) is 41.5 Å². The SMILES string of the molecule is COC(CC1C(C)=CCC2C1(C)CCC1C(C)(C)C(O)C(OC3OC(C)C(OC(=O)c4cccc(O)c4)C(OC4OC(CO)C(O)C(O)C4NC(C)=O)C3O)CC12C)C(N)C(=O)O. The summed E-state index contributed by atoms with van der Waals surface area (Å²) in [5, 5.41) is 78.6. The maximum atomic E-state index is 13.5. The van der Waals surface area contributed by atoms with Gasteiger partial charge >= 0.3 is 11.9 Å². The molecule has 2 saturated carbocycles. The van der Waals surface area contributed by atoms with Crippen molar-refractivity contribution in [2.45, 2.75) is 166 Å². The van der Waals surface area contributed by atoms with E-state index in [1.807, 2.05) is 13.8 Å². The Bertz CT molecular complexity index is 1850. The molecule has 19 unspecified atom stereocenters. The van der Waals surface area contributed by atoms with E-state index in [1.54, 1.807) is 6.92 Å². The summed E-state index contributed by atoms with van der Waals surface area (Å²) in [4.78, 5) is 37.8. The summed E-state index contributed by atoms with van der Waals surface area (Å²) >= 11 is 0. The van der Waals surface area contributed by atoms with Crippen LogP contribution in [-0.2, 0) is 38.0 Å². The second-order valence-electron chi connectivity index (χ2n) is 19.6. The quantitative estimate of drug-likeness (QED) is 0.0768. The second-order valence-corrected chi connectivity index (χ2v) is 19.6. The number of phenolic OH excluding ortho intramolecular Hbond substituents is 1. The van der Waals surface area contributed by atoms with Crippen LogP contribution >= 0.6 is 0 Å². The van der Waals surface area contributed by atoms with Gasteiger partial charge < -0.3 is 75.2 Å². The smallest absolute Gasteiger partial charge is 0.338 e. The van der Waals surface area contributed by atoms with Crippen LogP contribution in [0.4, 0.5) is 0 Å². The molecule has 2 aliphatic heterocycles. The number of benzene rings is 1. The number of hydrogen-bond acceptors (Lipinski definition) is 16. The molecular weight excluding hydrogens is 824 g/mol. The minimum Gasteiger partial charge on any atom is -0.508 e. The molecule has 0 aromatic heterocycles. The van der Waals surface area contributed by atoms with Crippen molar-refractivity contribution < 1.29 is 78.6 Å². The van der Waals surface area contributed by atoms with Gasteiger partial charge in [0.25, 0.3) is 0 Å². The number of aliphatic hydroxyl groups excluding tert-OH is 5. The molecule has 5 aliphatic rings. The number of hydrogen-bond donors (Lipinski definition) is 9. The Morgan fingerprint density at radius 2 is 1.67 bits per heavy atom. The molecule has 2 heterocycles. The highest BCUT2D eigenvalue weighted by Gasteiger charge is 2.65. The molecular formula is C45H68N2O16. The monoisotopic (exact) mass is 892 g/mol. The molecule has 4 fully saturated rings. The number of amides is 1. The van der Waals surface area contributed by atoms with Gasteiger partial charge in [0, 0.05) is 14.0 Å². The fourth-order valence-corrected chi connectivity index (χ4v) is 12.1. The zero-order valence-electron chi connectivity index (χ0n) is 37.3. The Kier molecular flexibility index (Phi) is 14.8. The van der Waals surface area contributed by atoms with Gasteiger partial charge in [0.1, 0.15) is 48.4 Å². The summed E-state index contributed by atoms with van der Waals surface area (Å²) in [5.74, 6) is -2.82. The molecule has 10 N–H and O–H groups in total. The highest BCUT2D eigenvalue weighted by Crippen LogP contribution is 2.69. The standard InChI is InChI=1S/C45H68N2O16/c1-20-12-13-30-44(6,25(20)17-26(58-8)31(46)39(55)56)15-14-29-43(4,5)38(54)27(18-45(29,30)7)60-42-35(53)37(36(21(2)59-42)62-40(57)23-10-9-11-24(50)16-23)63-41-32(47-22(3)49)34(52)33(51)28(19-48)61-41/h9-12,16,21,25-38,41-42,48,50-54H,13-15,17-19,46H2,1-8H3,(H,47,49)(H,55,56). The Morgan fingerprint density at radius 3 is 2.29 bits per heavy atom. The molecule has 1 amide bonds. The average molecular weight is 893 g/mol. The van der Waals surface area contributed by atoms with Crippen LogP contribution in [0, 0.1) is 34.0 Å². The third-order valence-electron chi connectivity index (χ3n) is 15.4. The Labute approximate surface area is 368 Å². The molecule has 63 heavy (non-hydrogen) atoms. The van der Waals surface area contributed by atoms with Gasteiger partial charge in [-0.2, -0.15) is 0 Å². The summed E-state index contributed by atoms with van der Waals surface area (Å²) in [6.45, 7) is 12.6. The predicted octanol–water partition coefficient (Wildman–Crippen LogP) is 1.35. The number of methoxy groups -OCH3 is 1. The molecule has 2 saturated heterocycles. The van der Waals surface area contributed by atoms with Crippen molar-refractivity contribution in [1.82, 2.24) is 5.32 Å². The Balaban J connectivity index is 1.32.